The Morgan fingerprint density at radius 1 is 1.22 bits per heavy atom. The fourth-order valence-corrected chi connectivity index (χ4v) is 0.757. The van der Waals surface area contributed by atoms with E-state index in [1.807, 2.05) is 18.2 Å². The average molecular weight is 143 g/mol. The van der Waals surface area contributed by atoms with Crippen LogP contribution in [0.25, 0.3) is 0 Å². The predicted molar refractivity (Wildman–Crippen MR) is 37.3 cm³/mol. The van der Waals surface area contributed by atoms with Crippen LogP contribution in [-0.4, -0.2) is 5.11 Å². The summed E-state index contributed by atoms with van der Waals surface area (Å²) in [5.74, 6) is 0. The molecule has 1 nitrogen and oxygen atoms in total. The molecule has 0 fully saturated rings. The van der Waals surface area contributed by atoms with Gasteiger partial charge >= 0.3 is 0 Å². The molecule has 1 N–H and O–H groups in total. The minimum atomic E-state index is -0.869. The van der Waals surface area contributed by atoms with Crippen LogP contribution in [0.2, 0.25) is 0 Å². The summed E-state index contributed by atoms with van der Waals surface area (Å²) in [6, 6.07) is 9.10. The molecule has 0 aliphatic rings. The van der Waals surface area contributed by atoms with Gasteiger partial charge in [-0.1, -0.05) is 41.9 Å². The number of hydrogen-bond donors (Lipinski definition) is 1. The lowest BCUT2D eigenvalue weighted by Gasteiger charge is -1.98. The molecule has 1 rings (SSSR count). The van der Waals surface area contributed by atoms with Gasteiger partial charge < -0.3 is 5.11 Å². The Labute approximate surface area is 58.9 Å². The van der Waals surface area contributed by atoms with E-state index in [2.05, 4.69) is 0 Å². The molecule has 0 aliphatic carbocycles. The van der Waals surface area contributed by atoms with E-state index in [4.69, 9.17) is 16.7 Å². The normalized spacial score (nSPS) is 13.1. The van der Waals surface area contributed by atoms with Gasteiger partial charge in [0, 0.05) is 0 Å². The maximum Gasteiger partial charge on any atom is 0.153 e. The van der Waals surface area contributed by atoms with Gasteiger partial charge in [-0.25, -0.2) is 0 Å². The summed E-state index contributed by atoms with van der Waals surface area (Å²) >= 11 is 5.36. The van der Waals surface area contributed by atoms with Crippen molar-refractivity contribution >= 4 is 11.6 Å². The Morgan fingerprint density at radius 3 is 2.11 bits per heavy atom. The molecule has 0 amide bonds. The Balaban J connectivity index is 2.85. The molecule has 0 aromatic heterocycles. The van der Waals surface area contributed by atoms with E-state index in [0.717, 1.165) is 5.56 Å². The summed E-state index contributed by atoms with van der Waals surface area (Å²) in [5.41, 5.74) is -0.134. The van der Waals surface area contributed by atoms with Crippen LogP contribution in [0.4, 0.5) is 0 Å². The van der Waals surface area contributed by atoms with Gasteiger partial charge in [-0.2, -0.15) is 0 Å². The number of alkyl halides is 1. The van der Waals surface area contributed by atoms with Crippen molar-refractivity contribution in [3.8, 4) is 0 Å². The Kier molecular flexibility index (Phi) is 2.09. The van der Waals surface area contributed by atoms with E-state index in [0.29, 0.717) is 0 Å². The number of halogens is 1. The Hall–Kier alpha value is -0.530. The summed E-state index contributed by atoms with van der Waals surface area (Å²) in [6.45, 7) is 0. The van der Waals surface area contributed by atoms with Crippen molar-refractivity contribution in [3.63, 3.8) is 0 Å². The molecule has 0 bridgehead atoms. The lowest BCUT2D eigenvalue weighted by molar-refractivity contribution is 0.263. The van der Waals surface area contributed by atoms with E-state index in [-0.39, 0.29) is 0 Å². The SMILES string of the molecule is OC(Cl)c1ccccc1. The second-order valence-corrected chi connectivity index (χ2v) is 2.16. The molecule has 9 heavy (non-hydrogen) atoms. The lowest BCUT2D eigenvalue weighted by atomic mass is 10.2. The molecule has 1 aromatic rings. The molecule has 0 heterocycles. The van der Waals surface area contributed by atoms with Crippen LogP contribution in [0.15, 0.2) is 30.3 Å². The molecular weight excluding hydrogens is 136 g/mol. The van der Waals surface area contributed by atoms with Gasteiger partial charge in [-0.15, -0.1) is 0 Å². The minimum absolute atomic E-state index is 0.735. The van der Waals surface area contributed by atoms with Gasteiger partial charge in [0.2, 0.25) is 0 Å². The first kappa shape index (κ1) is 6.59. The van der Waals surface area contributed by atoms with Crippen molar-refractivity contribution in [2.75, 3.05) is 0 Å². The van der Waals surface area contributed by atoms with Crippen molar-refractivity contribution in [1.82, 2.24) is 0 Å². The molecule has 48 valence electrons. The third-order valence-electron chi connectivity index (χ3n) is 1.07. The Morgan fingerprint density at radius 2 is 1.78 bits per heavy atom. The maximum atomic E-state index is 8.79. The highest BCUT2D eigenvalue weighted by molar-refractivity contribution is 6.19. The first-order valence-corrected chi connectivity index (χ1v) is 3.11. The number of aliphatic hydroxyl groups is 1. The fraction of sp³-hybridized carbons (Fsp3) is 0.143. The van der Waals surface area contributed by atoms with Crippen LogP contribution in [-0.2, 0) is 0 Å². The second-order valence-electron chi connectivity index (χ2n) is 1.75. The number of hydrogen-bond acceptors (Lipinski definition) is 1. The van der Waals surface area contributed by atoms with Gasteiger partial charge in [0.05, 0.1) is 0 Å². The third-order valence-corrected chi connectivity index (χ3v) is 1.33. The molecule has 1 atom stereocenters. The molecule has 1 aromatic carbocycles. The van der Waals surface area contributed by atoms with Crippen molar-refractivity contribution in [2.45, 2.75) is 5.56 Å². The summed E-state index contributed by atoms with van der Waals surface area (Å²) < 4.78 is 0. The molecule has 0 aliphatic heterocycles. The molecule has 2 heteroatoms. The van der Waals surface area contributed by atoms with Crippen LogP contribution < -0.4 is 0 Å². The van der Waals surface area contributed by atoms with Crippen LogP contribution >= 0.6 is 11.6 Å². The fourth-order valence-electron chi connectivity index (χ4n) is 0.612. The smallest absolute Gasteiger partial charge is 0.153 e. The maximum absolute atomic E-state index is 8.79. The highest BCUT2D eigenvalue weighted by Gasteiger charge is 1.97. The monoisotopic (exact) mass is 142 g/mol. The zero-order valence-corrected chi connectivity index (χ0v) is 5.55. The highest BCUT2D eigenvalue weighted by atomic mass is 35.5. The minimum Gasteiger partial charge on any atom is -0.373 e. The topological polar surface area (TPSA) is 20.2 Å². The number of aliphatic hydroxyl groups excluding tert-OH is 1. The average Bonchev–Trinajstić information content (AvgIpc) is 1.90. The van der Waals surface area contributed by atoms with Crippen molar-refractivity contribution in [1.29, 1.82) is 0 Å². The van der Waals surface area contributed by atoms with Crippen LogP contribution in [0.3, 0.4) is 0 Å². The van der Waals surface area contributed by atoms with Gasteiger partial charge in [-0.05, 0) is 5.56 Å². The van der Waals surface area contributed by atoms with E-state index in [9.17, 15) is 0 Å². The molecule has 1 unspecified atom stereocenters. The van der Waals surface area contributed by atoms with E-state index in [1.165, 1.54) is 0 Å². The van der Waals surface area contributed by atoms with Gasteiger partial charge in [0.15, 0.2) is 5.56 Å². The van der Waals surface area contributed by atoms with Crippen LogP contribution in [0.5, 0.6) is 0 Å². The van der Waals surface area contributed by atoms with Crippen molar-refractivity contribution in [3.05, 3.63) is 35.9 Å². The van der Waals surface area contributed by atoms with Crippen molar-refractivity contribution < 1.29 is 5.11 Å². The first-order chi connectivity index (χ1) is 4.30. The summed E-state index contributed by atoms with van der Waals surface area (Å²) in [7, 11) is 0. The van der Waals surface area contributed by atoms with E-state index in [1.54, 1.807) is 12.1 Å². The molecule has 0 spiro atoms. The molecule has 0 radical (unpaired) electrons. The van der Waals surface area contributed by atoms with Gasteiger partial charge in [-0.3, -0.25) is 0 Å². The zero-order valence-electron chi connectivity index (χ0n) is 4.79. The van der Waals surface area contributed by atoms with Gasteiger partial charge in [0.25, 0.3) is 0 Å². The van der Waals surface area contributed by atoms with Crippen LogP contribution in [0.1, 0.15) is 11.1 Å². The standard InChI is InChI=1S/C7H7ClO/c8-7(9)6-4-2-1-3-5-6/h1-5,7,9H. The van der Waals surface area contributed by atoms with Gasteiger partial charge in [0.1, 0.15) is 0 Å². The predicted octanol–water partition coefficient (Wildman–Crippen LogP) is 1.92. The summed E-state index contributed by atoms with van der Waals surface area (Å²) in [6.07, 6.45) is 0. The lowest BCUT2D eigenvalue weighted by Crippen LogP contribution is -1.84. The third kappa shape index (κ3) is 1.70. The number of benzene rings is 1. The van der Waals surface area contributed by atoms with Crippen LogP contribution in [0, 0.1) is 0 Å². The largest absolute Gasteiger partial charge is 0.373 e. The van der Waals surface area contributed by atoms with E-state index >= 15 is 0 Å². The Bertz CT molecular complexity index is 172. The summed E-state index contributed by atoms with van der Waals surface area (Å²) in [4.78, 5) is 0. The van der Waals surface area contributed by atoms with E-state index < -0.39 is 5.56 Å². The zero-order chi connectivity index (χ0) is 6.69. The number of rotatable bonds is 1. The second kappa shape index (κ2) is 2.85. The quantitative estimate of drug-likeness (QED) is 0.594. The molecule has 0 saturated heterocycles. The molecular formula is C7H7ClO. The molecule has 0 saturated carbocycles. The van der Waals surface area contributed by atoms with Crippen molar-refractivity contribution in [2.24, 2.45) is 0 Å². The first-order valence-electron chi connectivity index (χ1n) is 2.68. The summed E-state index contributed by atoms with van der Waals surface area (Å²) in [5, 5.41) is 8.79. The highest BCUT2D eigenvalue weighted by Crippen LogP contribution is 2.14.